The average molecular weight is 1300 g/mol. The summed E-state index contributed by atoms with van der Waals surface area (Å²) in [6.07, 6.45) is -17.2. The number of amides is 2. The Balaban J connectivity index is 0. The fourth-order valence-electron chi connectivity index (χ4n) is 6.39. The van der Waals surface area contributed by atoms with Crippen LogP contribution in [0.1, 0.15) is 55.5 Å². The lowest BCUT2D eigenvalue weighted by Gasteiger charge is -2.24. The predicted molar refractivity (Wildman–Crippen MR) is 312 cm³/mol. The minimum atomic E-state index is -4.40. The molecule has 0 heterocycles. The molecule has 0 aromatic heterocycles. The second-order valence-corrected chi connectivity index (χ2v) is 18.1. The summed E-state index contributed by atoms with van der Waals surface area (Å²) >= 11 is 3.32. The van der Waals surface area contributed by atoms with Crippen molar-refractivity contribution in [2.75, 3.05) is 32.7 Å². The predicted octanol–water partition coefficient (Wildman–Crippen LogP) is 11.6. The molecule has 5 aromatic carbocycles. The first kappa shape index (κ1) is 80.4. The molecule has 85 heavy (non-hydrogen) atoms. The number of carbonyl (C=O) groups excluding carboxylic acids is 2. The molecule has 0 aliphatic heterocycles. The Kier molecular flexibility index (Phi) is 39.1. The Morgan fingerprint density at radius 1 is 0.529 bits per heavy atom. The smallest absolute Gasteiger partial charge is 0.401 e. The summed E-state index contributed by atoms with van der Waals surface area (Å²) in [6.45, 7) is 22.8. The molecule has 0 atom stereocenters. The number of carbonyl (C=O) groups is 2. The van der Waals surface area contributed by atoms with Crippen molar-refractivity contribution in [2.24, 2.45) is 11.5 Å². The molecule has 0 spiro atoms. The molecule has 5 rings (SSSR count). The van der Waals surface area contributed by atoms with Gasteiger partial charge in [-0.15, -0.1) is 12.4 Å². The minimum absolute atomic E-state index is 0. The molecule has 0 unspecified atom stereocenters. The largest absolute Gasteiger partial charge is 0.437 e. The van der Waals surface area contributed by atoms with Gasteiger partial charge >= 0.3 is 45.9 Å². The van der Waals surface area contributed by atoms with Crippen LogP contribution in [0.4, 0.5) is 69.7 Å². The normalized spacial score (nSPS) is 10.8. The SMILES string of the molecule is CB(O)N(Cc1cccc(C(N)=O)c1)CC(F)(F)F.CCNB(C)O.Cl.NC(=O)c1cccc(CNCC(F)(F)F)c1.[C-]#[N+]c1cccc(CBr)c1.[C-]#[N+]c1cccc(CN(CC(F)(F)F)B(C)O)c1.[C-]#[N+]c1cccc(CNCC(F)(F)F)c1. The summed E-state index contributed by atoms with van der Waals surface area (Å²) in [6, 6.07) is 32.5. The summed E-state index contributed by atoms with van der Waals surface area (Å²) < 4.78 is 145. The molecule has 32 heteroatoms. The lowest BCUT2D eigenvalue weighted by Crippen LogP contribution is -2.42. The van der Waals surface area contributed by atoms with Crippen LogP contribution in [0.2, 0.25) is 20.5 Å². The number of nitrogens with zero attached hydrogens (tertiary/aromatic N) is 5. The highest BCUT2D eigenvalue weighted by Crippen LogP contribution is 2.23. The van der Waals surface area contributed by atoms with Crippen LogP contribution in [-0.4, -0.2) is 115 Å². The van der Waals surface area contributed by atoms with Gasteiger partial charge in [-0.1, -0.05) is 120 Å². The van der Waals surface area contributed by atoms with Gasteiger partial charge in [0.05, 0.1) is 45.9 Å². The van der Waals surface area contributed by atoms with E-state index in [1.54, 1.807) is 73.6 Å². The number of alkyl halides is 13. The maximum absolute atomic E-state index is 12.3. The third kappa shape index (κ3) is 41.9. The Morgan fingerprint density at radius 2 is 0.835 bits per heavy atom. The van der Waals surface area contributed by atoms with E-state index in [4.69, 9.17) is 36.2 Å². The number of hydrogen-bond donors (Lipinski definition) is 8. The Hall–Kier alpha value is -6.69. The molecule has 462 valence electrons. The number of nitrogens with two attached hydrogens (primary N) is 2. The van der Waals surface area contributed by atoms with E-state index in [1.807, 2.05) is 25.1 Å². The van der Waals surface area contributed by atoms with Gasteiger partial charge < -0.3 is 52.0 Å². The molecule has 0 saturated heterocycles. The Labute approximate surface area is 501 Å². The lowest BCUT2D eigenvalue weighted by molar-refractivity contribution is -0.139. The molecule has 0 radical (unpaired) electrons. The second-order valence-electron chi connectivity index (χ2n) is 17.6. The molecular formula is C53H63B3BrClF12N10O5. The molecule has 15 nitrogen and oxygen atoms in total. The standard InChI is InChI=1S/C11H14BF3N2O2.C11H12BF3N2O.C10H11F3N2O.C10H9F3N2.C8H6BrN.C3H10BNO.ClH/c1-12(19)17(7-11(13,14)15)6-8-3-2-4-9(5-8)10(16)18;1-12(18)17(8-11(13,14)15)7-9-4-3-5-10(6-9)16-2;11-10(12,13)6-15-5-7-2-1-3-8(4-7)9(14)16;1-14-9-4-2-3-8(5-9)6-15-7-10(11,12)13;1-10-8-4-2-3-7(5-8)6-9;1-3-5-4(2)6;/h2-5,19H,6-7H2,1H3,(H2,16,18);3-6,18H,7-8H2,1H3;1-4,15H,5-6H2,(H2,14,16);2-5,15H,6-7H2;2-5H,6H2;5-6H,3H2,1-2H3;1H. The van der Waals surface area contributed by atoms with Crippen molar-refractivity contribution in [3.63, 3.8) is 0 Å². The van der Waals surface area contributed by atoms with Crippen LogP contribution in [-0.2, 0) is 31.5 Å². The van der Waals surface area contributed by atoms with Crippen LogP contribution >= 0.6 is 28.3 Å². The van der Waals surface area contributed by atoms with Gasteiger partial charge in [-0.2, -0.15) is 52.7 Å². The number of halogens is 14. The van der Waals surface area contributed by atoms with Crippen molar-refractivity contribution in [3.8, 4) is 0 Å². The molecule has 0 bridgehead atoms. The van der Waals surface area contributed by atoms with Crippen LogP contribution in [0, 0.1) is 19.7 Å². The number of rotatable bonds is 19. The van der Waals surface area contributed by atoms with E-state index >= 15 is 0 Å². The molecule has 0 aliphatic rings. The van der Waals surface area contributed by atoms with Crippen LogP contribution in [0.25, 0.3) is 14.5 Å². The molecule has 2 amide bonds. The third-order valence-electron chi connectivity index (χ3n) is 10.1. The first-order valence-electron chi connectivity index (χ1n) is 24.7. The number of primary amides is 2. The van der Waals surface area contributed by atoms with Gasteiger partial charge in [-0.05, 0) is 79.1 Å². The first-order valence-corrected chi connectivity index (χ1v) is 25.8. The molecule has 5 aromatic rings. The molecule has 0 saturated carbocycles. The first-order chi connectivity index (χ1) is 39.0. The van der Waals surface area contributed by atoms with Crippen molar-refractivity contribution >= 4 is 78.4 Å². The van der Waals surface area contributed by atoms with Gasteiger partial charge in [0.25, 0.3) is 0 Å². The Morgan fingerprint density at radius 3 is 1.13 bits per heavy atom. The van der Waals surface area contributed by atoms with Crippen molar-refractivity contribution < 1.29 is 77.3 Å². The van der Waals surface area contributed by atoms with E-state index in [-0.39, 0.29) is 56.8 Å². The highest BCUT2D eigenvalue weighted by Gasteiger charge is 2.35. The zero-order chi connectivity index (χ0) is 64.3. The summed E-state index contributed by atoms with van der Waals surface area (Å²) in [5.74, 6) is -1.25. The number of benzene rings is 5. The maximum Gasteiger partial charge on any atom is 0.401 e. The van der Waals surface area contributed by atoms with Crippen molar-refractivity contribution in [1.29, 1.82) is 0 Å². The van der Waals surface area contributed by atoms with Crippen LogP contribution in [0.3, 0.4) is 0 Å². The van der Waals surface area contributed by atoms with E-state index in [2.05, 4.69) is 46.3 Å². The monoisotopic (exact) mass is 1290 g/mol. The quantitative estimate of drug-likeness (QED) is 0.0170. The van der Waals surface area contributed by atoms with Crippen LogP contribution < -0.4 is 27.3 Å². The fraction of sp³-hybridized carbons (Fsp3) is 0.340. The van der Waals surface area contributed by atoms with Crippen LogP contribution in [0.15, 0.2) is 121 Å². The van der Waals surface area contributed by atoms with Gasteiger partial charge in [0.1, 0.15) is 0 Å². The molecule has 0 aliphatic carbocycles. The van der Waals surface area contributed by atoms with Crippen molar-refractivity contribution in [1.82, 2.24) is 25.5 Å². The summed E-state index contributed by atoms with van der Waals surface area (Å²) in [4.78, 5) is 33.2. The van der Waals surface area contributed by atoms with E-state index in [0.717, 1.165) is 27.1 Å². The van der Waals surface area contributed by atoms with E-state index < -0.39 is 76.8 Å². The highest BCUT2D eigenvalue weighted by molar-refractivity contribution is 9.08. The van der Waals surface area contributed by atoms with Gasteiger partial charge in [0, 0.05) is 42.6 Å². The van der Waals surface area contributed by atoms with Crippen LogP contribution in [0.5, 0.6) is 0 Å². The van der Waals surface area contributed by atoms with Crippen molar-refractivity contribution in [3.05, 3.63) is 195 Å². The lowest BCUT2D eigenvalue weighted by atomic mass is 9.84. The summed E-state index contributed by atoms with van der Waals surface area (Å²) in [5.41, 5.74) is 15.6. The molecule has 0 fully saturated rings. The highest BCUT2D eigenvalue weighted by atomic mass is 79.9. The van der Waals surface area contributed by atoms with Gasteiger partial charge in [-0.3, -0.25) is 9.59 Å². The summed E-state index contributed by atoms with van der Waals surface area (Å²) in [5, 5.41) is 35.2. The zero-order valence-electron chi connectivity index (χ0n) is 46.2. The number of nitrogens with one attached hydrogen (secondary N) is 3. The topological polar surface area (TPSA) is 203 Å². The third-order valence-corrected chi connectivity index (χ3v) is 10.7. The van der Waals surface area contributed by atoms with Gasteiger partial charge in [-0.25, -0.2) is 14.5 Å². The van der Waals surface area contributed by atoms with E-state index in [1.165, 1.54) is 50.0 Å². The molecule has 10 N–H and O–H groups in total. The van der Waals surface area contributed by atoms with E-state index in [9.17, 15) is 72.3 Å². The molecular weight excluding hydrogens is 1230 g/mol. The summed E-state index contributed by atoms with van der Waals surface area (Å²) in [7, 11) is -2.81. The Bertz CT molecular complexity index is 2880. The second kappa shape index (κ2) is 41.4. The zero-order valence-corrected chi connectivity index (χ0v) is 48.6. The fourth-order valence-corrected chi connectivity index (χ4v) is 6.74. The van der Waals surface area contributed by atoms with Crippen molar-refractivity contribution in [2.45, 2.75) is 83.6 Å². The minimum Gasteiger partial charge on any atom is -0.437 e. The maximum atomic E-state index is 12.3. The van der Waals surface area contributed by atoms with E-state index in [0.29, 0.717) is 39.3 Å². The van der Waals surface area contributed by atoms with Gasteiger partial charge in [0.15, 0.2) is 17.1 Å². The number of hydrogen-bond acceptors (Lipinski definition) is 10. The average Bonchev–Trinajstić information content (AvgIpc) is 3.54. The van der Waals surface area contributed by atoms with Gasteiger partial charge in [0.2, 0.25) is 11.8 Å².